The third-order valence-corrected chi connectivity index (χ3v) is 4.35. The van der Waals surface area contributed by atoms with Crippen LogP contribution in [0.1, 0.15) is 17.0 Å². The van der Waals surface area contributed by atoms with Gasteiger partial charge in [-0.1, -0.05) is 36.4 Å². The number of fused-ring (bicyclic) bond motifs is 1. The normalized spacial score (nSPS) is 18.5. The Kier molecular flexibility index (Phi) is 4.55. The monoisotopic (exact) mass is 374 g/mol. The van der Waals surface area contributed by atoms with Crippen molar-refractivity contribution >= 4 is 16.9 Å². The number of hydrogen-bond donors (Lipinski definition) is 2. The Hall–Kier alpha value is -3.64. The molecule has 0 radical (unpaired) electrons. The van der Waals surface area contributed by atoms with Crippen molar-refractivity contribution in [3.05, 3.63) is 101 Å². The van der Waals surface area contributed by atoms with Crippen LogP contribution >= 0.6 is 0 Å². The molecule has 1 aliphatic carbocycles. The highest BCUT2D eigenvalue weighted by Crippen LogP contribution is 2.23. The molecule has 0 saturated heterocycles. The van der Waals surface area contributed by atoms with Crippen LogP contribution in [0.3, 0.4) is 0 Å². The van der Waals surface area contributed by atoms with E-state index in [4.69, 9.17) is 14.9 Å². The standard InChI is InChI=1S/C22H18N2O4/c23-22(28-16-6-2-1-3-7-16)12-10-15(11-13-22)24-21(26)20-14-18(25)17-8-4-5-9-19(17)27-20/h1-12,14H,13,23H2,(H,24,26). The molecule has 1 atom stereocenters. The summed E-state index contributed by atoms with van der Waals surface area (Å²) in [6.07, 6.45) is 5.49. The van der Waals surface area contributed by atoms with Crippen molar-refractivity contribution in [2.75, 3.05) is 0 Å². The molecule has 1 aromatic heterocycles. The van der Waals surface area contributed by atoms with E-state index < -0.39 is 11.6 Å². The lowest BCUT2D eigenvalue weighted by molar-refractivity contribution is 0.0937. The second-order valence-corrected chi connectivity index (χ2v) is 6.49. The molecule has 6 heteroatoms. The summed E-state index contributed by atoms with van der Waals surface area (Å²) >= 11 is 0. The topological polar surface area (TPSA) is 94.6 Å². The molecule has 140 valence electrons. The Labute approximate surface area is 160 Å². The van der Waals surface area contributed by atoms with Crippen molar-refractivity contribution < 1.29 is 13.9 Å². The fraction of sp³-hybridized carbons (Fsp3) is 0.0909. The quantitative estimate of drug-likeness (QED) is 0.685. The van der Waals surface area contributed by atoms with E-state index in [2.05, 4.69) is 5.32 Å². The summed E-state index contributed by atoms with van der Waals surface area (Å²) in [6, 6.07) is 17.3. The van der Waals surface area contributed by atoms with E-state index in [1.807, 2.05) is 30.3 Å². The zero-order valence-electron chi connectivity index (χ0n) is 14.9. The predicted molar refractivity (Wildman–Crippen MR) is 106 cm³/mol. The van der Waals surface area contributed by atoms with Gasteiger partial charge in [-0.15, -0.1) is 0 Å². The Morgan fingerprint density at radius 2 is 1.86 bits per heavy atom. The Balaban J connectivity index is 1.47. The zero-order valence-corrected chi connectivity index (χ0v) is 14.9. The summed E-state index contributed by atoms with van der Waals surface area (Å²) < 4.78 is 11.4. The van der Waals surface area contributed by atoms with E-state index in [0.717, 1.165) is 0 Å². The van der Waals surface area contributed by atoms with Gasteiger partial charge in [0.05, 0.1) is 5.39 Å². The third-order valence-electron chi connectivity index (χ3n) is 4.35. The lowest BCUT2D eigenvalue weighted by atomic mass is 10.0. The molecule has 1 heterocycles. The molecule has 1 aliphatic rings. The fourth-order valence-electron chi connectivity index (χ4n) is 2.92. The molecule has 2 aromatic carbocycles. The van der Waals surface area contributed by atoms with Gasteiger partial charge in [0.2, 0.25) is 0 Å². The summed E-state index contributed by atoms with van der Waals surface area (Å²) in [7, 11) is 0. The van der Waals surface area contributed by atoms with Crippen molar-refractivity contribution in [2.24, 2.45) is 5.73 Å². The molecule has 0 saturated carbocycles. The Bertz CT molecular complexity index is 1150. The lowest BCUT2D eigenvalue weighted by Crippen LogP contribution is -2.45. The first kappa shape index (κ1) is 17.8. The summed E-state index contributed by atoms with van der Waals surface area (Å²) in [5.41, 5.74) is 5.91. The molecule has 0 fully saturated rings. The van der Waals surface area contributed by atoms with Crippen molar-refractivity contribution in [3.63, 3.8) is 0 Å². The molecule has 1 amide bonds. The third kappa shape index (κ3) is 3.72. The molecular weight excluding hydrogens is 356 g/mol. The maximum atomic E-state index is 12.5. The number of allylic oxidation sites excluding steroid dienone is 1. The van der Waals surface area contributed by atoms with Gasteiger partial charge in [0.25, 0.3) is 5.91 Å². The first-order valence-electron chi connectivity index (χ1n) is 8.79. The maximum absolute atomic E-state index is 12.5. The molecule has 4 rings (SSSR count). The highest BCUT2D eigenvalue weighted by Gasteiger charge is 2.26. The van der Waals surface area contributed by atoms with Gasteiger partial charge in [-0.2, -0.15) is 0 Å². The number of carbonyl (C=O) groups is 1. The lowest BCUT2D eigenvalue weighted by Gasteiger charge is -2.29. The molecule has 0 aliphatic heterocycles. The first-order valence-corrected chi connectivity index (χ1v) is 8.79. The van der Waals surface area contributed by atoms with E-state index in [-0.39, 0.29) is 11.2 Å². The van der Waals surface area contributed by atoms with E-state index in [1.165, 1.54) is 6.07 Å². The number of rotatable bonds is 4. The zero-order chi connectivity index (χ0) is 19.6. The number of nitrogens with one attached hydrogen (secondary N) is 1. The smallest absolute Gasteiger partial charge is 0.291 e. The van der Waals surface area contributed by atoms with Crippen LogP contribution in [0.25, 0.3) is 11.0 Å². The van der Waals surface area contributed by atoms with Crippen LogP contribution in [0.2, 0.25) is 0 Å². The summed E-state index contributed by atoms with van der Waals surface area (Å²) in [6.45, 7) is 0. The van der Waals surface area contributed by atoms with Gasteiger partial charge in [0.15, 0.2) is 16.9 Å². The SMILES string of the molecule is NC1(Oc2ccccc2)C=CC(NC(=O)c2cc(=O)c3ccccc3o2)=CC1. The van der Waals surface area contributed by atoms with E-state index >= 15 is 0 Å². The minimum absolute atomic E-state index is 0.0527. The van der Waals surface area contributed by atoms with Crippen LogP contribution < -0.4 is 21.2 Å². The van der Waals surface area contributed by atoms with Crippen molar-refractivity contribution in [1.82, 2.24) is 5.32 Å². The summed E-state index contributed by atoms with van der Waals surface area (Å²) in [5, 5.41) is 3.15. The van der Waals surface area contributed by atoms with Crippen molar-refractivity contribution in [2.45, 2.75) is 12.1 Å². The first-order chi connectivity index (χ1) is 13.5. The van der Waals surface area contributed by atoms with E-state index in [1.54, 1.807) is 42.5 Å². The second kappa shape index (κ2) is 7.17. The average Bonchev–Trinajstić information content (AvgIpc) is 2.70. The van der Waals surface area contributed by atoms with Crippen LogP contribution in [0.15, 0.2) is 93.8 Å². The van der Waals surface area contributed by atoms with Gasteiger partial charge in [0, 0.05) is 18.2 Å². The summed E-state index contributed by atoms with van der Waals surface area (Å²) in [5.74, 6) is 0.101. The van der Waals surface area contributed by atoms with Gasteiger partial charge in [-0.05, 0) is 36.4 Å². The number of benzene rings is 2. The fourth-order valence-corrected chi connectivity index (χ4v) is 2.92. The number of carbonyl (C=O) groups excluding carboxylic acids is 1. The maximum Gasteiger partial charge on any atom is 0.291 e. The molecule has 28 heavy (non-hydrogen) atoms. The summed E-state index contributed by atoms with van der Waals surface area (Å²) in [4.78, 5) is 24.6. The Morgan fingerprint density at radius 3 is 2.61 bits per heavy atom. The number of amides is 1. The van der Waals surface area contributed by atoms with Gasteiger partial charge < -0.3 is 14.5 Å². The molecule has 3 N–H and O–H groups in total. The highest BCUT2D eigenvalue weighted by atomic mass is 16.5. The average molecular weight is 374 g/mol. The van der Waals surface area contributed by atoms with Crippen LogP contribution in [0.4, 0.5) is 0 Å². The second-order valence-electron chi connectivity index (χ2n) is 6.49. The minimum Gasteiger partial charge on any atom is -0.469 e. The van der Waals surface area contributed by atoms with E-state index in [9.17, 15) is 9.59 Å². The van der Waals surface area contributed by atoms with Crippen molar-refractivity contribution in [3.8, 4) is 5.75 Å². The number of ether oxygens (including phenoxy) is 1. The van der Waals surface area contributed by atoms with Crippen LogP contribution in [-0.2, 0) is 0 Å². The number of para-hydroxylation sites is 2. The van der Waals surface area contributed by atoms with Crippen LogP contribution in [0, 0.1) is 0 Å². The predicted octanol–water partition coefficient (Wildman–Crippen LogP) is 3.10. The van der Waals surface area contributed by atoms with Gasteiger partial charge in [-0.25, -0.2) is 0 Å². The molecule has 0 spiro atoms. The van der Waals surface area contributed by atoms with Gasteiger partial charge in [0.1, 0.15) is 11.3 Å². The van der Waals surface area contributed by atoms with E-state index in [0.29, 0.717) is 28.8 Å². The number of hydrogen-bond acceptors (Lipinski definition) is 5. The molecule has 6 nitrogen and oxygen atoms in total. The van der Waals surface area contributed by atoms with Crippen LogP contribution in [-0.4, -0.2) is 11.6 Å². The highest BCUT2D eigenvalue weighted by molar-refractivity contribution is 5.94. The van der Waals surface area contributed by atoms with Crippen LogP contribution in [0.5, 0.6) is 5.75 Å². The number of nitrogens with two attached hydrogens (primary N) is 1. The van der Waals surface area contributed by atoms with Gasteiger partial charge in [-0.3, -0.25) is 15.3 Å². The minimum atomic E-state index is -0.995. The molecule has 1 unspecified atom stereocenters. The molecule has 3 aromatic rings. The van der Waals surface area contributed by atoms with Gasteiger partial charge >= 0.3 is 0 Å². The molecular formula is C22H18N2O4. The van der Waals surface area contributed by atoms with Crippen molar-refractivity contribution in [1.29, 1.82) is 0 Å². The largest absolute Gasteiger partial charge is 0.469 e. The Morgan fingerprint density at radius 1 is 1.11 bits per heavy atom. The molecule has 0 bridgehead atoms.